The van der Waals surface area contributed by atoms with Crippen molar-refractivity contribution in [2.24, 2.45) is 0 Å². The molecule has 0 radical (unpaired) electrons. The zero-order valence-electron chi connectivity index (χ0n) is 12.9. The van der Waals surface area contributed by atoms with Crippen LogP contribution in [0.5, 0.6) is 0 Å². The van der Waals surface area contributed by atoms with E-state index in [4.69, 9.17) is 5.26 Å². The Morgan fingerprint density at radius 1 is 1.05 bits per heavy atom. The van der Waals surface area contributed by atoms with Gasteiger partial charge in [-0.1, -0.05) is 42.5 Å². The van der Waals surface area contributed by atoms with E-state index in [1.54, 1.807) is 0 Å². The molecule has 2 aromatic carbocycles. The van der Waals surface area contributed by atoms with Crippen molar-refractivity contribution in [3.8, 4) is 6.07 Å². The van der Waals surface area contributed by atoms with Crippen LogP contribution in [0.2, 0.25) is 0 Å². The van der Waals surface area contributed by atoms with Crippen molar-refractivity contribution >= 4 is 0 Å². The number of hydrogen-bond donors (Lipinski definition) is 2. The summed E-state index contributed by atoms with van der Waals surface area (Å²) in [6, 6.07) is 20.3. The van der Waals surface area contributed by atoms with Crippen LogP contribution < -0.4 is 5.32 Å². The van der Waals surface area contributed by atoms with E-state index in [0.717, 1.165) is 18.5 Å². The molecule has 3 heteroatoms. The van der Waals surface area contributed by atoms with Gasteiger partial charge in [0.1, 0.15) is 0 Å². The molecule has 0 aliphatic rings. The second kappa shape index (κ2) is 8.33. The third kappa shape index (κ3) is 4.42. The molecule has 22 heavy (non-hydrogen) atoms. The number of hydrogen-bond acceptors (Lipinski definition) is 3. The molecular formula is C19H22N2O. The molecule has 0 spiro atoms. The van der Waals surface area contributed by atoms with E-state index in [1.807, 2.05) is 42.5 Å². The minimum atomic E-state index is 0.187. The smallest absolute Gasteiger partial charge is 0.0991 e. The van der Waals surface area contributed by atoms with E-state index < -0.39 is 0 Å². The first-order chi connectivity index (χ1) is 10.7. The van der Waals surface area contributed by atoms with E-state index in [1.165, 1.54) is 5.56 Å². The van der Waals surface area contributed by atoms with Gasteiger partial charge in [-0.2, -0.15) is 5.26 Å². The van der Waals surface area contributed by atoms with Gasteiger partial charge in [0.2, 0.25) is 0 Å². The molecule has 0 saturated carbocycles. The van der Waals surface area contributed by atoms with Crippen molar-refractivity contribution in [2.45, 2.75) is 25.3 Å². The molecule has 2 aromatic rings. The maximum absolute atomic E-state index is 9.28. The third-order valence-electron chi connectivity index (χ3n) is 3.96. The molecule has 2 unspecified atom stereocenters. The number of aliphatic hydroxyl groups is 1. The van der Waals surface area contributed by atoms with Gasteiger partial charge < -0.3 is 10.4 Å². The van der Waals surface area contributed by atoms with Crippen LogP contribution in [0.25, 0.3) is 0 Å². The van der Waals surface area contributed by atoms with E-state index in [9.17, 15) is 5.11 Å². The standard InChI is InChI=1S/C19H22N2O/c1-15(17-9-7-16(13-20)8-10-17)21-14-19(11-12-22)18-5-3-2-4-6-18/h2-10,15,19,21-22H,11-12,14H2,1H3. The van der Waals surface area contributed by atoms with Crippen molar-refractivity contribution in [2.75, 3.05) is 13.2 Å². The highest BCUT2D eigenvalue weighted by Gasteiger charge is 2.13. The van der Waals surface area contributed by atoms with Gasteiger partial charge in [0, 0.05) is 19.2 Å². The molecule has 0 aliphatic carbocycles. The molecule has 2 atom stereocenters. The van der Waals surface area contributed by atoms with Crippen LogP contribution in [0.4, 0.5) is 0 Å². The Bertz CT molecular complexity index is 602. The zero-order valence-corrected chi connectivity index (χ0v) is 12.9. The average Bonchev–Trinajstić information content (AvgIpc) is 2.59. The van der Waals surface area contributed by atoms with Gasteiger partial charge >= 0.3 is 0 Å². The number of nitrogens with one attached hydrogen (secondary N) is 1. The molecule has 0 amide bonds. The molecule has 2 N–H and O–H groups in total. The predicted octanol–water partition coefficient (Wildman–Crippen LogP) is 3.38. The lowest BCUT2D eigenvalue weighted by molar-refractivity contribution is 0.272. The number of rotatable bonds is 7. The topological polar surface area (TPSA) is 56.0 Å². The van der Waals surface area contributed by atoms with Crippen LogP contribution in [0.15, 0.2) is 54.6 Å². The van der Waals surface area contributed by atoms with Crippen molar-refractivity contribution in [1.29, 1.82) is 5.26 Å². The number of nitrogens with zero attached hydrogens (tertiary/aromatic N) is 1. The normalized spacial score (nSPS) is 13.3. The SMILES string of the molecule is CC(NCC(CCO)c1ccccc1)c1ccc(C#N)cc1. The summed E-state index contributed by atoms with van der Waals surface area (Å²) in [5.74, 6) is 0.298. The third-order valence-corrected chi connectivity index (χ3v) is 3.96. The molecule has 0 fully saturated rings. The van der Waals surface area contributed by atoms with Gasteiger partial charge in [-0.15, -0.1) is 0 Å². The summed E-state index contributed by atoms with van der Waals surface area (Å²) in [6.45, 7) is 3.11. The average molecular weight is 294 g/mol. The molecule has 0 aromatic heterocycles. The van der Waals surface area contributed by atoms with Gasteiger partial charge in [0.15, 0.2) is 0 Å². The van der Waals surface area contributed by atoms with Gasteiger partial charge in [-0.3, -0.25) is 0 Å². The van der Waals surface area contributed by atoms with Gasteiger partial charge in [-0.05, 0) is 42.5 Å². The highest BCUT2D eigenvalue weighted by Crippen LogP contribution is 2.20. The minimum absolute atomic E-state index is 0.187. The maximum atomic E-state index is 9.28. The molecule has 3 nitrogen and oxygen atoms in total. The first-order valence-electron chi connectivity index (χ1n) is 7.64. The Hall–Kier alpha value is -2.15. The maximum Gasteiger partial charge on any atom is 0.0991 e. The number of benzene rings is 2. The number of aliphatic hydroxyl groups excluding tert-OH is 1. The van der Waals surface area contributed by atoms with Crippen LogP contribution in [0, 0.1) is 11.3 Å². The minimum Gasteiger partial charge on any atom is -0.396 e. The van der Waals surface area contributed by atoms with Crippen LogP contribution in [0.1, 0.15) is 42.0 Å². The zero-order chi connectivity index (χ0) is 15.8. The fraction of sp³-hybridized carbons (Fsp3) is 0.316. The summed E-state index contributed by atoms with van der Waals surface area (Å²) in [4.78, 5) is 0. The molecule has 2 rings (SSSR count). The summed E-state index contributed by atoms with van der Waals surface area (Å²) in [7, 11) is 0. The monoisotopic (exact) mass is 294 g/mol. The van der Waals surface area contributed by atoms with Gasteiger partial charge in [-0.25, -0.2) is 0 Å². The van der Waals surface area contributed by atoms with E-state index >= 15 is 0 Å². The Morgan fingerprint density at radius 3 is 2.32 bits per heavy atom. The summed E-state index contributed by atoms with van der Waals surface area (Å²) in [5.41, 5.74) is 3.09. The van der Waals surface area contributed by atoms with E-state index in [0.29, 0.717) is 11.5 Å². The summed E-state index contributed by atoms with van der Waals surface area (Å²) in [6.07, 6.45) is 0.747. The molecule has 114 valence electrons. The second-order valence-electron chi connectivity index (χ2n) is 5.48. The molecule has 0 saturated heterocycles. The Kier molecular flexibility index (Phi) is 6.14. The quantitative estimate of drug-likeness (QED) is 0.823. The van der Waals surface area contributed by atoms with Crippen molar-refractivity contribution in [3.63, 3.8) is 0 Å². The first-order valence-corrected chi connectivity index (χ1v) is 7.64. The lowest BCUT2D eigenvalue weighted by atomic mass is 9.95. The lowest BCUT2D eigenvalue weighted by Gasteiger charge is -2.21. The molecular weight excluding hydrogens is 272 g/mol. The highest BCUT2D eigenvalue weighted by atomic mass is 16.3. The summed E-state index contributed by atoms with van der Waals surface area (Å²) in [5, 5.41) is 21.6. The van der Waals surface area contributed by atoms with Crippen molar-refractivity contribution in [3.05, 3.63) is 71.3 Å². The van der Waals surface area contributed by atoms with E-state index in [2.05, 4.69) is 30.4 Å². The highest BCUT2D eigenvalue weighted by molar-refractivity contribution is 5.32. The molecule has 0 aliphatic heterocycles. The Labute approximate surface area is 132 Å². The number of nitriles is 1. The fourth-order valence-electron chi connectivity index (χ4n) is 2.55. The van der Waals surface area contributed by atoms with Gasteiger partial charge in [0.05, 0.1) is 11.6 Å². The Morgan fingerprint density at radius 2 is 1.73 bits per heavy atom. The molecule has 0 heterocycles. The molecule has 0 bridgehead atoms. The predicted molar refractivity (Wildman–Crippen MR) is 88.5 cm³/mol. The van der Waals surface area contributed by atoms with Crippen molar-refractivity contribution in [1.82, 2.24) is 5.32 Å². The van der Waals surface area contributed by atoms with Crippen LogP contribution >= 0.6 is 0 Å². The fourth-order valence-corrected chi connectivity index (χ4v) is 2.55. The largest absolute Gasteiger partial charge is 0.396 e. The first kappa shape index (κ1) is 16.2. The van der Waals surface area contributed by atoms with E-state index in [-0.39, 0.29) is 12.6 Å². The van der Waals surface area contributed by atoms with Crippen molar-refractivity contribution < 1.29 is 5.11 Å². The summed E-state index contributed by atoms with van der Waals surface area (Å²) >= 11 is 0. The van der Waals surface area contributed by atoms with Gasteiger partial charge in [0.25, 0.3) is 0 Å². The van der Waals surface area contributed by atoms with Crippen LogP contribution in [-0.4, -0.2) is 18.3 Å². The second-order valence-corrected chi connectivity index (χ2v) is 5.48. The lowest BCUT2D eigenvalue weighted by Crippen LogP contribution is -2.25. The van der Waals surface area contributed by atoms with Crippen LogP contribution in [0.3, 0.4) is 0 Å². The summed E-state index contributed by atoms with van der Waals surface area (Å²) < 4.78 is 0. The Balaban J connectivity index is 1.98. The van der Waals surface area contributed by atoms with Crippen LogP contribution in [-0.2, 0) is 0 Å².